The predicted octanol–water partition coefficient (Wildman–Crippen LogP) is 6.09. The maximum atomic E-state index is 10.7. The summed E-state index contributed by atoms with van der Waals surface area (Å²) in [5.74, 6) is 1.38. The number of halogens is 3. The van der Waals surface area contributed by atoms with Crippen molar-refractivity contribution < 1.29 is 14.4 Å². The highest BCUT2D eigenvalue weighted by atomic mass is 79.9. The van der Waals surface area contributed by atoms with Crippen LogP contribution >= 0.6 is 39.1 Å². The van der Waals surface area contributed by atoms with E-state index in [-0.39, 0.29) is 12.3 Å². The molecule has 0 radical (unpaired) electrons. The van der Waals surface area contributed by atoms with E-state index in [0.717, 1.165) is 11.8 Å². The third-order valence-corrected chi connectivity index (χ3v) is 5.30. The van der Waals surface area contributed by atoms with Gasteiger partial charge in [0.05, 0.1) is 18.2 Å². The highest BCUT2D eigenvalue weighted by molar-refractivity contribution is 9.10. The molecule has 0 aliphatic carbocycles. The lowest BCUT2D eigenvalue weighted by atomic mass is 10.2. The average molecular weight is 526 g/mol. The topological polar surface area (TPSA) is 98.9 Å². The number of anilines is 1. The van der Waals surface area contributed by atoms with Crippen molar-refractivity contribution in [2.45, 2.75) is 6.61 Å². The van der Waals surface area contributed by atoms with Crippen LogP contribution in [0.15, 0.2) is 58.2 Å². The number of ether oxygens (including phenoxy) is 2. The second-order valence-corrected chi connectivity index (χ2v) is 7.78. The molecule has 3 aromatic rings. The van der Waals surface area contributed by atoms with Crippen molar-refractivity contribution in [3.05, 3.63) is 84.4 Å². The van der Waals surface area contributed by atoms with Gasteiger partial charge < -0.3 is 9.47 Å². The molecule has 1 aromatic heterocycles. The van der Waals surface area contributed by atoms with Crippen molar-refractivity contribution >= 4 is 56.9 Å². The molecule has 31 heavy (non-hydrogen) atoms. The Morgan fingerprint density at radius 2 is 2.03 bits per heavy atom. The first-order valence-electron chi connectivity index (χ1n) is 8.71. The van der Waals surface area contributed by atoms with Crippen molar-refractivity contribution in [3.8, 4) is 11.5 Å². The zero-order chi connectivity index (χ0) is 22.4. The highest BCUT2D eigenvalue weighted by Crippen LogP contribution is 2.34. The number of nitrogens with one attached hydrogen (secondary N) is 1. The fourth-order valence-corrected chi connectivity index (χ4v) is 3.33. The van der Waals surface area contributed by atoms with Gasteiger partial charge in [-0.05, 0) is 46.3 Å². The van der Waals surface area contributed by atoms with E-state index < -0.39 is 4.92 Å². The first kappa shape index (κ1) is 22.8. The highest BCUT2D eigenvalue weighted by Gasteiger charge is 2.11. The van der Waals surface area contributed by atoms with Crippen LogP contribution in [0.4, 0.5) is 11.5 Å². The molecule has 0 unspecified atom stereocenters. The largest absolute Gasteiger partial charge is 0.493 e. The van der Waals surface area contributed by atoms with Crippen LogP contribution in [0.25, 0.3) is 0 Å². The van der Waals surface area contributed by atoms with Crippen LogP contribution in [-0.2, 0) is 6.61 Å². The number of nitrogens with zero attached hydrogens (tertiary/aromatic N) is 3. The third kappa shape index (κ3) is 6.06. The van der Waals surface area contributed by atoms with Crippen molar-refractivity contribution in [2.24, 2.45) is 5.10 Å². The molecule has 3 rings (SSSR count). The molecule has 0 aliphatic heterocycles. The van der Waals surface area contributed by atoms with E-state index in [1.54, 1.807) is 36.5 Å². The van der Waals surface area contributed by atoms with E-state index in [9.17, 15) is 10.1 Å². The summed E-state index contributed by atoms with van der Waals surface area (Å²) in [5, 5.41) is 15.8. The van der Waals surface area contributed by atoms with Gasteiger partial charge in [0.1, 0.15) is 18.6 Å². The van der Waals surface area contributed by atoms with Gasteiger partial charge in [-0.1, -0.05) is 29.3 Å². The second-order valence-electron chi connectivity index (χ2n) is 6.08. The number of benzene rings is 2. The molecule has 0 atom stereocenters. The van der Waals surface area contributed by atoms with Gasteiger partial charge >= 0.3 is 0 Å². The van der Waals surface area contributed by atoms with Gasteiger partial charge in [0.15, 0.2) is 11.5 Å². The molecule has 0 bridgehead atoms. The molecule has 2 aromatic carbocycles. The lowest BCUT2D eigenvalue weighted by Crippen LogP contribution is -2.00. The van der Waals surface area contributed by atoms with Gasteiger partial charge in [-0.15, -0.1) is 0 Å². The zero-order valence-corrected chi connectivity index (χ0v) is 19.1. The van der Waals surface area contributed by atoms with Crippen LogP contribution < -0.4 is 14.9 Å². The Kier molecular flexibility index (Phi) is 7.67. The maximum absolute atomic E-state index is 10.7. The van der Waals surface area contributed by atoms with Crippen LogP contribution in [0.2, 0.25) is 10.0 Å². The molecule has 160 valence electrons. The van der Waals surface area contributed by atoms with Gasteiger partial charge in [0.25, 0.3) is 5.69 Å². The standard InChI is InChI=1S/C20H15BrCl2N4O4/c1-30-18-6-13(9-25-26-20-5-4-15(10-24-20)27(28)29)16(21)8-19(18)31-11-12-2-3-14(22)7-17(12)23/h2-10H,11H2,1H3,(H,24,26)/b25-9-. The normalized spacial score (nSPS) is 10.8. The lowest BCUT2D eigenvalue weighted by molar-refractivity contribution is -0.385. The monoisotopic (exact) mass is 524 g/mol. The number of pyridine rings is 1. The summed E-state index contributed by atoms with van der Waals surface area (Å²) in [4.78, 5) is 14.1. The molecule has 1 heterocycles. The molecule has 0 fully saturated rings. The molecule has 8 nitrogen and oxygen atoms in total. The fourth-order valence-electron chi connectivity index (χ4n) is 2.44. The van der Waals surface area contributed by atoms with Gasteiger partial charge in [-0.3, -0.25) is 15.5 Å². The molecule has 0 saturated heterocycles. The Morgan fingerprint density at radius 3 is 2.68 bits per heavy atom. The minimum absolute atomic E-state index is 0.0995. The third-order valence-electron chi connectivity index (χ3n) is 4.02. The fraction of sp³-hybridized carbons (Fsp3) is 0.100. The van der Waals surface area contributed by atoms with E-state index >= 15 is 0 Å². The van der Waals surface area contributed by atoms with Crippen LogP contribution in [-0.4, -0.2) is 23.2 Å². The van der Waals surface area contributed by atoms with Gasteiger partial charge in [-0.25, -0.2) is 4.98 Å². The van der Waals surface area contributed by atoms with Crippen molar-refractivity contribution in [1.29, 1.82) is 0 Å². The van der Waals surface area contributed by atoms with Crippen LogP contribution in [0.5, 0.6) is 11.5 Å². The molecule has 0 spiro atoms. The first-order valence-corrected chi connectivity index (χ1v) is 10.3. The minimum Gasteiger partial charge on any atom is -0.493 e. The molecule has 0 aliphatic rings. The average Bonchev–Trinajstić information content (AvgIpc) is 2.74. The number of nitro groups is 1. The summed E-state index contributed by atoms with van der Waals surface area (Å²) in [6.45, 7) is 0.236. The lowest BCUT2D eigenvalue weighted by Gasteiger charge is -2.13. The van der Waals surface area contributed by atoms with E-state index in [1.807, 2.05) is 0 Å². The Bertz CT molecular complexity index is 1130. The smallest absolute Gasteiger partial charge is 0.287 e. The zero-order valence-electron chi connectivity index (χ0n) is 16.0. The number of hydrazone groups is 1. The Balaban J connectivity index is 1.70. The summed E-state index contributed by atoms with van der Waals surface area (Å²) in [6, 6.07) is 11.5. The summed E-state index contributed by atoms with van der Waals surface area (Å²) in [7, 11) is 1.53. The summed E-state index contributed by atoms with van der Waals surface area (Å²) in [5.41, 5.74) is 4.11. The van der Waals surface area contributed by atoms with E-state index in [1.165, 1.54) is 19.2 Å². The molecule has 0 amide bonds. The molecule has 11 heteroatoms. The van der Waals surface area contributed by atoms with Crippen LogP contribution in [0.1, 0.15) is 11.1 Å². The maximum Gasteiger partial charge on any atom is 0.287 e. The van der Waals surface area contributed by atoms with Gasteiger partial charge in [0, 0.05) is 31.7 Å². The van der Waals surface area contributed by atoms with Crippen LogP contribution in [0.3, 0.4) is 0 Å². The summed E-state index contributed by atoms with van der Waals surface area (Å²) in [6.07, 6.45) is 2.70. The van der Waals surface area contributed by atoms with Gasteiger partial charge in [-0.2, -0.15) is 5.10 Å². The Morgan fingerprint density at radius 1 is 1.23 bits per heavy atom. The van der Waals surface area contributed by atoms with E-state index in [0.29, 0.717) is 37.4 Å². The van der Waals surface area contributed by atoms with E-state index in [2.05, 4.69) is 31.4 Å². The SMILES string of the molecule is COc1cc(/C=N\Nc2ccc([N+](=O)[O-])cn2)c(Br)cc1OCc1ccc(Cl)cc1Cl. The number of rotatable bonds is 8. The minimum atomic E-state index is -0.520. The summed E-state index contributed by atoms with van der Waals surface area (Å²) < 4.78 is 12.0. The molecule has 0 saturated carbocycles. The van der Waals surface area contributed by atoms with Crippen molar-refractivity contribution in [1.82, 2.24) is 4.98 Å². The van der Waals surface area contributed by atoms with Crippen molar-refractivity contribution in [2.75, 3.05) is 12.5 Å². The quantitative estimate of drug-likeness (QED) is 0.217. The van der Waals surface area contributed by atoms with E-state index in [4.69, 9.17) is 32.7 Å². The van der Waals surface area contributed by atoms with Gasteiger partial charge in [0.2, 0.25) is 0 Å². The number of aromatic nitrogens is 1. The van der Waals surface area contributed by atoms with Crippen LogP contribution in [0, 0.1) is 10.1 Å². The summed E-state index contributed by atoms with van der Waals surface area (Å²) >= 11 is 15.6. The molecule has 1 N–H and O–H groups in total. The number of methoxy groups -OCH3 is 1. The second kappa shape index (κ2) is 10.4. The van der Waals surface area contributed by atoms with Crippen molar-refractivity contribution in [3.63, 3.8) is 0 Å². The number of hydrogen-bond donors (Lipinski definition) is 1. The first-order chi connectivity index (χ1) is 14.9. The number of hydrogen-bond acceptors (Lipinski definition) is 7. The predicted molar refractivity (Wildman–Crippen MR) is 124 cm³/mol. The Labute approximate surface area is 196 Å². The molecular weight excluding hydrogens is 511 g/mol. The molecular formula is C20H15BrCl2N4O4. The Hall–Kier alpha value is -2.88.